The molecule has 1 saturated carbocycles. The van der Waals surface area contributed by atoms with Crippen molar-refractivity contribution in [1.82, 2.24) is 0 Å². The van der Waals surface area contributed by atoms with Gasteiger partial charge in [-0.25, -0.2) is 4.39 Å². The molecule has 3 heteroatoms. The fourth-order valence-corrected chi connectivity index (χ4v) is 3.52. The van der Waals surface area contributed by atoms with Crippen molar-refractivity contribution in [3.8, 4) is 0 Å². The molecule has 100 valence electrons. The second-order valence-electron chi connectivity index (χ2n) is 5.11. The molecular formula is C15H20FIO. The van der Waals surface area contributed by atoms with Crippen LogP contribution in [0.15, 0.2) is 24.3 Å². The van der Waals surface area contributed by atoms with Crippen LogP contribution in [0.25, 0.3) is 0 Å². The van der Waals surface area contributed by atoms with Gasteiger partial charge in [0.05, 0.1) is 12.2 Å². The molecule has 1 aliphatic carbocycles. The molecule has 0 aromatic heterocycles. The summed E-state index contributed by atoms with van der Waals surface area (Å²) in [5.41, 5.74) is 0.644. The minimum absolute atomic E-state index is 0.0284. The van der Waals surface area contributed by atoms with E-state index in [1.54, 1.807) is 6.07 Å². The molecule has 0 bridgehead atoms. The maximum atomic E-state index is 13.6. The molecule has 0 N–H and O–H groups in total. The van der Waals surface area contributed by atoms with Crippen LogP contribution in [-0.4, -0.2) is 10.0 Å². The van der Waals surface area contributed by atoms with Crippen molar-refractivity contribution in [3.63, 3.8) is 0 Å². The Labute approximate surface area is 122 Å². The van der Waals surface area contributed by atoms with E-state index in [0.717, 1.165) is 17.3 Å². The lowest BCUT2D eigenvalue weighted by Gasteiger charge is -2.31. The number of rotatable bonds is 4. The number of alkyl halides is 1. The molecule has 0 unspecified atom stereocenters. The standard InChI is InChI=1S/C15H20FIO/c16-14-8-4-3-7-13(14)11-18-15(12-17)9-5-1-2-6-10-15/h3-4,7-8H,1-2,5-6,9-12H2. The third-order valence-electron chi connectivity index (χ3n) is 3.75. The van der Waals surface area contributed by atoms with Gasteiger partial charge in [0.25, 0.3) is 0 Å². The minimum atomic E-state index is -0.158. The van der Waals surface area contributed by atoms with Crippen LogP contribution >= 0.6 is 22.6 Å². The van der Waals surface area contributed by atoms with Crippen molar-refractivity contribution < 1.29 is 9.13 Å². The average Bonchev–Trinajstić information content (AvgIpc) is 2.64. The summed E-state index contributed by atoms with van der Waals surface area (Å²) in [5.74, 6) is -0.158. The molecule has 1 aromatic carbocycles. The first-order valence-electron chi connectivity index (χ1n) is 6.69. The molecule has 1 fully saturated rings. The van der Waals surface area contributed by atoms with Crippen molar-refractivity contribution in [1.29, 1.82) is 0 Å². The summed E-state index contributed by atoms with van der Waals surface area (Å²) in [6.07, 6.45) is 7.32. The second-order valence-corrected chi connectivity index (χ2v) is 5.87. The van der Waals surface area contributed by atoms with Gasteiger partial charge in [-0.15, -0.1) is 0 Å². The summed E-state index contributed by atoms with van der Waals surface area (Å²) < 4.78 is 20.7. The zero-order valence-electron chi connectivity index (χ0n) is 10.6. The predicted molar refractivity (Wildman–Crippen MR) is 80.5 cm³/mol. The molecule has 2 rings (SSSR count). The fraction of sp³-hybridized carbons (Fsp3) is 0.600. The number of benzene rings is 1. The summed E-state index contributed by atoms with van der Waals surface area (Å²) in [5, 5.41) is 0. The van der Waals surface area contributed by atoms with Gasteiger partial charge in [-0.2, -0.15) is 0 Å². The van der Waals surface area contributed by atoms with Crippen molar-refractivity contribution in [2.45, 2.75) is 50.7 Å². The topological polar surface area (TPSA) is 9.23 Å². The highest BCUT2D eigenvalue weighted by atomic mass is 127. The van der Waals surface area contributed by atoms with Crippen molar-refractivity contribution >= 4 is 22.6 Å². The van der Waals surface area contributed by atoms with Crippen LogP contribution < -0.4 is 0 Å². The molecule has 0 heterocycles. The van der Waals surface area contributed by atoms with Gasteiger partial charge >= 0.3 is 0 Å². The monoisotopic (exact) mass is 362 g/mol. The van der Waals surface area contributed by atoms with E-state index in [1.807, 2.05) is 12.1 Å². The van der Waals surface area contributed by atoms with Crippen molar-refractivity contribution in [2.24, 2.45) is 0 Å². The van der Waals surface area contributed by atoms with Crippen LogP contribution in [0.1, 0.15) is 44.1 Å². The van der Waals surface area contributed by atoms with E-state index in [0.29, 0.717) is 12.2 Å². The highest BCUT2D eigenvalue weighted by molar-refractivity contribution is 14.1. The Morgan fingerprint density at radius 1 is 1.11 bits per heavy atom. The van der Waals surface area contributed by atoms with E-state index >= 15 is 0 Å². The zero-order valence-corrected chi connectivity index (χ0v) is 12.8. The Balaban J connectivity index is 2.00. The van der Waals surface area contributed by atoms with E-state index in [-0.39, 0.29) is 11.4 Å². The van der Waals surface area contributed by atoms with E-state index in [2.05, 4.69) is 22.6 Å². The lowest BCUT2D eigenvalue weighted by atomic mass is 9.96. The van der Waals surface area contributed by atoms with Gasteiger partial charge in [0.1, 0.15) is 5.82 Å². The Morgan fingerprint density at radius 3 is 2.39 bits per heavy atom. The molecule has 1 nitrogen and oxygen atoms in total. The molecule has 0 radical (unpaired) electrons. The van der Waals surface area contributed by atoms with Crippen LogP contribution in [0, 0.1) is 5.82 Å². The zero-order chi connectivity index (χ0) is 12.8. The molecule has 0 atom stereocenters. The lowest BCUT2D eigenvalue weighted by Crippen LogP contribution is -2.33. The van der Waals surface area contributed by atoms with Gasteiger partial charge < -0.3 is 4.74 Å². The summed E-state index contributed by atoms with van der Waals surface area (Å²) >= 11 is 2.41. The van der Waals surface area contributed by atoms with E-state index in [4.69, 9.17) is 4.74 Å². The van der Waals surface area contributed by atoms with Gasteiger partial charge in [-0.05, 0) is 18.9 Å². The number of hydrogen-bond acceptors (Lipinski definition) is 1. The molecule has 0 amide bonds. The average molecular weight is 362 g/mol. The number of hydrogen-bond donors (Lipinski definition) is 0. The molecule has 18 heavy (non-hydrogen) atoms. The van der Waals surface area contributed by atoms with Gasteiger partial charge in [-0.1, -0.05) is 66.5 Å². The Kier molecular flexibility index (Phi) is 5.42. The number of halogens is 2. The van der Waals surface area contributed by atoms with Gasteiger partial charge in [0.15, 0.2) is 0 Å². The molecule has 1 aliphatic rings. The highest BCUT2D eigenvalue weighted by Gasteiger charge is 2.30. The van der Waals surface area contributed by atoms with E-state index in [9.17, 15) is 4.39 Å². The van der Waals surface area contributed by atoms with E-state index < -0.39 is 0 Å². The first-order valence-corrected chi connectivity index (χ1v) is 8.22. The van der Waals surface area contributed by atoms with Gasteiger partial charge in [0.2, 0.25) is 0 Å². The Bertz CT molecular complexity index is 373. The smallest absolute Gasteiger partial charge is 0.128 e. The second kappa shape index (κ2) is 6.85. The molecule has 1 aromatic rings. The number of ether oxygens (including phenoxy) is 1. The summed E-state index contributed by atoms with van der Waals surface area (Å²) in [6, 6.07) is 6.90. The first kappa shape index (κ1) is 14.3. The third kappa shape index (κ3) is 3.67. The van der Waals surface area contributed by atoms with E-state index in [1.165, 1.54) is 31.7 Å². The fourth-order valence-electron chi connectivity index (χ4n) is 2.54. The van der Waals surface area contributed by atoms with Gasteiger partial charge in [-0.3, -0.25) is 0 Å². The quantitative estimate of drug-likeness (QED) is 0.422. The predicted octanol–water partition coefficient (Wildman–Crippen LogP) is 4.87. The van der Waals surface area contributed by atoms with Crippen molar-refractivity contribution in [3.05, 3.63) is 35.6 Å². The first-order chi connectivity index (χ1) is 8.76. The summed E-state index contributed by atoms with van der Waals surface area (Å²) in [7, 11) is 0. The maximum absolute atomic E-state index is 13.6. The molecule has 0 aliphatic heterocycles. The summed E-state index contributed by atoms with van der Waals surface area (Å²) in [4.78, 5) is 0. The third-order valence-corrected chi connectivity index (χ3v) is 5.14. The summed E-state index contributed by atoms with van der Waals surface area (Å²) in [6.45, 7) is 0.398. The van der Waals surface area contributed by atoms with Crippen LogP contribution in [0.5, 0.6) is 0 Å². The van der Waals surface area contributed by atoms with Crippen molar-refractivity contribution in [2.75, 3.05) is 4.43 Å². The molecule has 0 saturated heterocycles. The molecule has 0 spiro atoms. The normalized spacial score (nSPS) is 19.4. The Hall–Kier alpha value is -0.160. The largest absolute Gasteiger partial charge is 0.369 e. The Morgan fingerprint density at radius 2 is 1.78 bits per heavy atom. The minimum Gasteiger partial charge on any atom is -0.369 e. The SMILES string of the molecule is Fc1ccccc1COC1(CI)CCCCCC1. The van der Waals surface area contributed by atoms with Crippen LogP contribution in [0.3, 0.4) is 0 Å². The highest BCUT2D eigenvalue weighted by Crippen LogP contribution is 2.33. The van der Waals surface area contributed by atoms with Crippen LogP contribution in [0.4, 0.5) is 4.39 Å². The molecular weight excluding hydrogens is 342 g/mol. The maximum Gasteiger partial charge on any atom is 0.128 e. The van der Waals surface area contributed by atoms with Crippen LogP contribution in [0.2, 0.25) is 0 Å². The lowest BCUT2D eigenvalue weighted by molar-refractivity contribution is -0.0481. The van der Waals surface area contributed by atoms with Gasteiger partial charge in [0, 0.05) is 9.99 Å². The van der Waals surface area contributed by atoms with Crippen LogP contribution in [-0.2, 0) is 11.3 Å².